The Balaban J connectivity index is 0.00000126. The van der Waals surface area contributed by atoms with Crippen molar-refractivity contribution in [2.24, 2.45) is 5.73 Å². The molecule has 5 rings (SSSR count). The van der Waals surface area contributed by atoms with Gasteiger partial charge in [-0.15, -0.1) is 11.8 Å². The fourth-order valence-corrected chi connectivity index (χ4v) is 5.87. The zero-order valence-electron chi connectivity index (χ0n) is 19.8. The first-order valence-corrected chi connectivity index (χ1v) is 13.3. The van der Waals surface area contributed by atoms with Crippen LogP contribution >= 0.6 is 11.8 Å². The van der Waals surface area contributed by atoms with Crippen LogP contribution in [0.2, 0.25) is 0 Å². The van der Waals surface area contributed by atoms with Crippen LogP contribution in [0.25, 0.3) is 10.9 Å². The average molecular weight is 465 g/mol. The van der Waals surface area contributed by atoms with E-state index in [4.69, 9.17) is 15.5 Å². The normalized spacial score (nSPS) is 21.3. The average Bonchev–Trinajstić information content (AvgIpc) is 2.88. The molecule has 3 aromatic rings. The summed E-state index contributed by atoms with van der Waals surface area (Å²) >= 11 is 1.94. The van der Waals surface area contributed by atoms with Gasteiger partial charge in [-0.25, -0.2) is 9.97 Å². The van der Waals surface area contributed by atoms with Gasteiger partial charge in [-0.05, 0) is 68.2 Å². The predicted molar refractivity (Wildman–Crippen MR) is 139 cm³/mol. The molecular weight excluding hydrogens is 428 g/mol. The largest absolute Gasteiger partial charge is 0.381 e. The van der Waals surface area contributed by atoms with Crippen molar-refractivity contribution in [1.82, 2.24) is 9.97 Å². The van der Waals surface area contributed by atoms with Gasteiger partial charge in [-0.1, -0.05) is 38.1 Å². The molecule has 5 nitrogen and oxygen atoms in total. The third kappa shape index (κ3) is 6.25. The van der Waals surface area contributed by atoms with Crippen molar-refractivity contribution in [2.45, 2.75) is 74.5 Å². The number of hydrogen-bond donors (Lipinski definition) is 2. The lowest BCUT2D eigenvalue weighted by molar-refractivity contribution is 0.0853. The molecule has 1 aliphatic carbocycles. The molecular formula is C27H36N4OS. The summed E-state index contributed by atoms with van der Waals surface area (Å²) in [6, 6.07) is 15.4. The lowest BCUT2D eigenvalue weighted by atomic mass is 9.92. The zero-order chi connectivity index (χ0) is 23.0. The molecule has 1 aromatic heterocycles. The highest BCUT2D eigenvalue weighted by Crippen LogP contribution is 2.36. The number of nitrogens with zero attached hydrogens (tertiary/aromatic N) is 2. The third-order valence-corrected chi connectivity index (χ3v) is 7.83. The number of thioether (sulfide) groups is 1. The van der Waals surface area contributed by atoms with Crippen molar-refractivity contribution in [2.75, 3.05) is 18.5 Å². The fraction of sp³-hybridized carbons (Fsp3) is 0.481. The van der Waals surface area contributed by atoms with Crippen LogP contribution in [0, 0.1) is 0 Å². The van der Waals surface area contributed by atoms with Crippen molar-refractivity contribution in [3.63, 3.8) is 0 Å². The monoisotopic (exact) mass is 464 g/mol. The van der Waals surface area contributed by atoms with Crippen LogP contribution in [0.4, 0.5) is 11.6 Å². The van der Waals surface area contributed by atoms with E-state index in [0.717, 1.165) is 55.5 Å². The van der Waals surface area contributed by atoms with E-state index in [0.29, 0.717) is 23.2 Å². The molecule has 0 spiro atoms. The number of aromatic nitrogens is 2. The van der Waals surface area contributed by atoms with E-state index in [1.54, 1.807) is 0 Å². The van der Waals surface area contributed by atoms with E-state index in [1.807, 2.05) is 31.8 Å². The van der Waals surface area contributed by atoms with Crippen LogP contribution in [0.15, 0.2) is 53.6 Å². The number of anilines is 2. The number of fused-ring (bicyclic) bond motifs is 1. The Hall–Kier alpha value is -2.15. The minimum atomic E-state index is 0.375. The van der Waals surface area contributed by atoms with E-state index in [1.165, 1.54) is 23.3 Å². The topological polar surface area (TPSA) is 73.1 Å². The molecule has 0 bridgehead atoms. The Kier molecular flexibility index (Phi) is 8.59. The third-order valence-electron chi connectivity index (χ3n) is 6.45. The Labute approximate surface area is 201 Å². The van der Waals surface area contributed by atoms with Gasteiger partial charge in [0.2, 0.25) is 5.95 Å². The summed E-state index contributed by atoms with van der Waals surface area (Å²) in [5.41, 5.74) is 9.51. The second-order valence-electron chi connectivity index (χ2n) is 8.68. The molecule has 3 N–H and O–H groups in total. The van der Waals surface area contributed by atoms with Gasteiger partial charge < -0.3 is 15.8 Å². The number of benzene rings is 2. The summed E-state index contributed by atoms with van der Waals surface area (Å²) in [7, 11) is 0. The van der Waals surface area contributed by atoms with E-state index >= 15 is 0 Å². The Morgan fingerprint density at radius 3 is 2.39 bits per heavy atom. The van der Waals surface area contributed by atoms with Gasteiger partial charge in [0.05, 0.1) is 5.52 Å². The molecule has 1 saturated carbocycles. The Morgan fingerprint density at radius 1 is 0.939 bits per heavy atom. The summed E-state index contributed by atoms with van der Waals surface area (Å²) in [5.74, 6) is 1.25. The van der Waals surface area contributed by atoms with Crippen molar-refractivity contribution < 1.29 is 4.74 Å². The lowest BCUT2D eigenvalue weighted by Gasteiger charge is -2.25. The van der Waals surface area contributed by atoms with Crippen LogP contribution in [0.5, 0.6) is 0 Å². The Bertz CT molecular complexity index is 1010. The van der Waals surface area contributed by atoms with Gasteiger partial charge >= 0.3 is 0 Å². The SMILES string of the molecule is CC.NC1CCC(Sc2cccc3cnc(Nc4ccc(C5CCOCC5)cc4)nc23)CC1. The lowest BCUT2D eigenvalue weighted by Crippen LogP contribution is -2.27. The molecule has 0 amide bonds. The highest BCUT2D eigenvalue weighted by molar-refractivity contribution is 8.00. The molecule has 2 aliphatic rings. The van der Waals surface area contributed by atoms with Gasteiger partial charge in [0.1, 0.15) is 0 Å². The summed E-state index contributed by atoms with van der Waals surface area (Å²) < 4.78 is 5.49. The molecule has 1 saturated heterocycles. The van der Waals surface area contributed by atoms with Gasteiger partial charge in [-0.3, -0.25) is 0 Å². The maximum absolute atomic E-state index is 6.08. The quantitative estimate of drug-likeness (QED) is 0.440. The number of rotatable bonds is 5. The molecule has 2 heterocycles. The molecule has 6 heteroatoms. The standard InChI is InChI=1S/C25H30N4OS.C2H6/c26-20-6-10-22(11-7-20)31-23-3-1-2-19-16-27-25(29-24(19)23)28-21-8-4-17(5-9-21)18-12-14-30-15-13-18;1-2/h1-5,8-9,16,18,20,22H,6-7,10-15,26H2,(H,27,28,29);1-2H3. The highest BCUT2D eigenvalue weighted by Gasteiger charge is 2.20. The predicted octanol–water partition coefficient (Wildman–Crippen LogP) is 6.66. The molecule has 0 unspecified atom stereocenters. The summed E-state index contributed by atoms with van der Waals surface area (Å²) in [5, 5.41) is 5.09. The molecule has 0 atom stereocenters. The van der Waals surface area contributed by atoms with Gasteiger partial charge in [0.25, 0.3) is 0 Å². The zero-order valence-corrected chi connectivity index (χ0v) is 20.6. The van der Waals surface area contributed by atoms with Crippen LogP contribution in [-0.4, -0.2) is 34.5 Å². The van der Waals surface area contributed by atoms with E-state index in [-0.39, 0.29) is 0 Å². The second-order valence-corrected chi connectivity index (χ2v) is 10.0. The van der Waals surface area contributed by atoms with Crippen LogP contribution in [0.1, 0.15) is 63.9 Å². The van der Waals surface area contributed by atoms with Crippen LogP contribution in [0.3, 0.4) is 0 Å². The van der Waals surface area contributed by atoms with E-state index < -0.39 is 0 Å². The molecule has 2 fully saturated rings. The Morgan fingerprint density at radius 2 is 1.67 bits per heavy atom. The molecule has 176 valence electrons. The first kappa shape index (κ1) is 24.0. The maximum atomic E-state index is 6.08. The van der Waals surface area contributed by atoms with E-state index in [9.17, 15) is 0 Å². The number of para-hydroxylation sites is 1. The minimum absolute atomic E-state index is 0.375. The number of nitrogens with one attached hydrogen (secondary N) is 1. The first-order chi connectivity index (χ1) is 16.2. The van der Waals surface area contributed by atoms with Crippen LogP contribution < -0.4 is 11.1 Å². The molecule has 2 aromatic carbocycles. The molecule has 0 radical (unpaired) electrons. The molecule has 1 aliphatic heterocycles. The van der Waals surface area contributed by atoms with E-state index in [2.05, 4.69) is 52.8 Å². The minimum Gasteiger partial charge on any atom is -0.381 e. The van der Waals surface area contributed by atoms with Crippen molar-refractivity contribution >= 4 is 34.3 Å². The molecule has 33 heavy (non-hydrogen) atoms. The number of nitrogens with two attached hydrogens (primary N) is 1. The van der Waals surface area contributed by atoms with Gasteiger partial charge in [0.15, 0.2) is 0 Å². The van der Waals surface area contributed by atoms with Gasteiger partial charge in [-0.2, -0.15) is 0 Å². The van der Waals surface area contributed by atoms with Crippen LogP contribution in [-0.2, 0) is 4.74 Å². The van der Waals surface area contributed by atoms with Crippen molar-refractivity contribution in [3.8, 4) is 0 Å². The highest BCUT2D eigenvalue weighted by atomic mass is 32.2. The summed E-state index contributed by atoms with van der Waals surface area (Å²) in [6.45, 7) is 5.73. The number of ether oxygens (including phenoxy) is 1. The summed E-state index contributed by atoms with van der Waals surface area (Å²) in [4.78, 5) is 10.7. The van der Waals surface area contributed by atoms with Gasteiger partial charge in [0, 0.05) is 46.7 Å². The van der Waals surface area contributed by atoms with Crippen molar-refractivity contribution in [1.29, 1.82) is 0 Å². The number of hydrogen-bond acceptors (Lipinski definition) is 6. The fourth-order valence-electron chi connectivity index (χ4n) is 4.57. The second kappa shape index (κ2) is 11.8. The summed E-state index contributed by atoms with van der Waals surface area (Å²) in [6.07, 6.45) is 8.72. The van der Waals surface area contributed by atoms with Crippen molar-refractivity contribution in [3.05, 3.63) is 54.2 Å². The smallest absolute Gasteiger partial charge is 0.227 e. The maximum Gasteiger partial charge on any atom is 0.227 e. The first-order valence-electron chi connectivity index (χ1n) is 12.4.